The molecule has 7 heteroatoms. The molecule has 0 bridgehead atoms. The molecule has 1 amide bonds. The highest BCUT2D eigenvalue weighted by Gasteiger charge is 2.24. The number of carbonyl (C=O) groups excluding carboxylic acids is 3. The van der Waals surface area contributed by atoms with Gasteiger partial charge in [-0.1, -0.05) is 29.8 Å². The Bertz CT molecular complexity index is 731. The van der Waals surface area contributed by atoms with Crippen LogP contribution >= 0.6 is 11.6 Å². The van der Waals surface area contributed by atoms with Crippen LogP contribution in [0.25, 0.3) is 0 Å². The van der Waals surface area contributed by atoms with E-state index in [2.05, 4.69) is 4.74 Å². The van der Waals surface area contributed by atoms with Crippen molar-refractivity contribution in [1.82, 2.24) is 4.90 Å². The van der Waals surface area contributed by atoms with Crippen LogP contribution in [0.3, 0.4) is 0 Å². The fourth-order valence-electron chi connectivity index (χ4n) is 3.01. The third kappa shape index (κ3) is 7.44. The molecule has 28 heavy (non-hydrogen) atoms. The number of carbonyl (C=O) groups is 3. The van der Waals surface area contributed by atoms with Crippen molar-refractivity contribution in [3.05, 3.63) is 46.6 Å². The van der Waals surface area contributed by atoms with Crippen molar-refractivity contribution in [2.75, 3.05) is 26.9 Å². The van der Waals surface area contributed by atoms with Crippen molar-refractivity contribution in [2.45, 2.75) is 38.5 Å². The second-order valence-electron chi connectivity index (χ2n) is 6.63. The first kappa shape index (κ1) is 22.1. The minimum absolute atomic E-state index is 0.0565. The summed E-state index contributed by atoms with van der Waals surface area (Å²) < 4.78 is 9.70. The molecule has 1 aromatic carbocycles. The molecular formula is C21H26ClNO5. The molecule has 0 aliphatic carbocycles. The zero-order chi connectivity index (χ0) is 20.4. The number of allylic oxidation sites excluding steroid dienone is 2. The quantitative estimate of drug-likeness (QED) is 0.415. The molecular weight excluding hydrogens is 382 g/mol. The molecule has 2 rings (SSSR count). The van der Waals surface area contributed by atoms with E-state index in [0.29, 0.717) is 43.9 Å². The van der Waals surface area contributed by atoms with Gasteiger partial charge in [-0.15, -0.1) is 0 Å². The lowest BCUT2D eigenvalue weighted by Gasteiger charge is -2.18. The molecule has 0 saturated carbocycles. The van der Waals surface area contributed by atoms with Gasteiger partial charge in [0.25, 0.3) is 0 Å². The summed E-state index contributed by atoms with van der Waals surface area (Å²) in [6.07, 6.45) is 5.15. The minimum atomic E-state index is -0.401. The summed E-state index contributed by atoms with van der Waals surface area (Å²) in [7, 11) is 1.32. The minimum Gasteiger partial charge on any atom is -0.467 e. The van der Waals surface area contributed by atoms with Gasteiger partial charge in [0.05, 0.1) is 7.11 Å². The van der Waals surface area contributed by atoms with Gasteiger partial charge in [0.2, 0.25) is 5.91 Å². The number of amides is 1. The van der Waals surface area contributed by atoms with E-state index in [0.717, 1.165) is 24.1 Å². The van der Waals surface area contributed by atoms with Gasteiger partial charge in [-0.3, -0.25) is 9.59 Å². The smallest absolute Gasteiger partial charge is 0.331 e. The van der Waals surface area contributed by atoms with Gasteiger partial charge in [0.15, 0.2) is 0 Å². The van der Waals surface area contributed by atoms with E-state index in [1.807, 2.05) is 18.2 Å². The van der Waals surface area contributed by atoms with Gasteiger partial charge in [-0.05, 0) is 37.0 Å². The maximum atomic E-state index is 12.2. The second kappa shape index (κ2) is 11.6. The van der Waals surface area contributed by atoms with Gasteiger partial charge >= 0.3 is 5.97 Å². The molecule has 0 atom stereocenters. The van der Waals surface area contributed by atoms with Crippen molar-refractivity contribution >= 4 is 29.3 Å². The summed E-state index contributed by atoms with van der Waals surface area (Å²) in [6.45, 7) is 0.974. The highest BCUT2D eigenvalue weighted by molar-refractivity contribution is 6.30. The largest absolute Gasteiger partial charge is 0.467 e. The zero-order valence-corrected chi connectivity index (χ0v) is 16.9. The van der Waals surface area contributed by atoms with Crippen LogP contribution in [-0.2, 0) is 30.3 Å². The molecule has 0 aromatic heterocycles. The van der Waals surface area contributed by atoms with Crippen molar-refractivity contribution < 1.29 is 23.9 Å². The topological polar surface area (TPSA) is 72.9 Å². The number of ketones is 1. The lowest BCUT2D eigenvalue weighted by Crippen LogP contribution is -2.25. The average Bonchev–Trinajstić information content (AvgIpc) is 3.02. The summed E-state index contributed by atoms with van der Waals surface area (Å²) in [6, 6.07) is 7.28. The van der Waals surface area contributed by atoms with Crippen LogP contribution < -0.4 is 0 Å². The number of likely N-dealkylation sites (tertiary alicyclic amines) is 1. The first-order valence-electron chi connectivity index (χ1n) is 9.39. The third-order valence-corrected chi connectivity index (χ3v) is 4.70. The summed E-state index contributed by atoms with van der Waals surface area (Å²) in [5, 5.41) is 0.617. The standard InChI is InChI=1S/C21H26ClNO5/c1-27-21(26)15-28-12-3-2-11-23-18(8-10-20(23)25)7-9-19(24)14-16-5-4-6-17(22)13-16/h4-7,13H,2-3,8-12,14-15H2,1H3. The van der Waals surface area contributed by atoms with E-state index < -0.39 is 5.97 Å². The Morgan fingerprint density at radius 3 is 2.82 bits per heavy atom. The first-order valence-corrected chi connectivity index (χ1v) is 9.77. The number of unbranched alkanes of at least 4 members (excludes halogenated alkanes) is 1. The Morgan fingerprint density at radius 2 is 2.07 bits per heavy atom. The van der Waals surface area contributed by atoms with Crippen LogP contribution in [0.5, 0.6) is 0 Å². The van der Waals surface area contributed by atoms with Gasteiger partial charge in [-0.2, -0.15) is 0 Å². The third-order valence-electron chi connectivity index (χ3n) is 4.47. The van der Waals surface area contributed by atoms with E-state index in [9.17, 15) is 14.4 Å². The lowest BCUT2D eigenvalue weighted by atomic mass is 10.1. The fourth-order valence-corrected chi connectivity index (χ4v) is 3.23. The number of rotatable bonds is 11. The van der Waals surface area contributed by atoms with Crippen LogP contribution in [0.15, 0.2) is 36.0 Å². The zero-order valence-electron chi connectivity index (χ0n) is 16.1. The fraction of sp³-hybridized carbons (Fsp3) is 0.476. The number of Topliss-reactive ketones (excluding diaryl/α,β-unsaturated/α-hetero) is 1. The van der Waals surface area contributed by atoms with Crippen molar-refractivity contribution in [1.29, 1.82) is 0 Å². The maximum Gasteiger partial charge on any atom is 0.331 e. The molecule has 1 fully saturated rings. The van der Waals surface area contributed by atoms with Crippen LogP contribution in [0, 0.1) is 0 Å². The highest BCUT2D eigenvalue weighted by atomic mass is 35.5. The van der Waals surface area contributed by atoms with E-state index in [4.69, 9.17) is 16.3 Å². The number of methoxy groups -OCH3 is 1. The predicted octanol–water partition coefficient (Wildman–Crippen LogP) is 3.32. The molecule has 1 aliphatic rings. The number of nitrogens with zero attached hydrogens (tertiary/aromatic N) is 1. The Kier molecular flexibility index (Phi) is 9.17. The van der Waals surface area contributed by atoms with E-state index in [1.54, 1.807) is 17.0 Å². The molecule has 0 spiro atoms. The van der Waals surface area contributed by atoms with Crippen LogP contribution in [0.1, 0.15) is 37.7 Å². The monoisotopic (exact) mass is 407 g/mol. The Morgan fingerprint density at radius 1 is 1.25 bits per heavy atom. The number of esters is 1. The molecule has 1 heterocycles. The number of ether oxygens (including phenoxy) is 2. The number of hydrogen-bond acceptors (Lipinski definition) is 5. The Balaban J connectivity index is 1.75. The molecule has 0 N–H and O–H groups in total. The summed E-state index contributed by atoms with van der Waals surface area (Å²) in [5.41, 5.74) is 1.81. The van der Waals surface area contributed by atoms with Crippen molar-refractivity contribution in [2.24, 2.45) is 0 Å². The van der Waals surface area contributed by atoms with Gasteiger partial charge in [0, 0.05) is 43.1 Å². The van der Waals surface area contributed by atoms with E-state index in [1.165, 1.54) is 7.11 Å². The number of halogens is 1. The van der Waals surface area contributed by atoms with Crippen LogP contribution in [-0.4, -0.2) is 49.4 Å². The molecule has 152 valence electrons. The van der Waals surface area contributed by atoms with Gasteiger partial charge in [0.1, 0.15) is 12.4 Å². The number of benzene rings is 1. The summed E-state index contributed by atoms with van der Waals surface area (Å²) in [4.78, 5) is 37.0. The van der Waals surface area contributed by atoms with E-state index in [-0.39, 0.29) is 18.3 Å². The van der Waals surface area contributed by atoms with Crippen molar-refractivity contribution in [3.8, 4) is 0 Å². The van der Waals surface area contributed by atoms with Gasteiger partial charge < -0.3 is 14.4 Å². The van der Waals surface area contributed by atoms with Gasteiger partial charge in [-0.25, -0.2) is 4.79 Å². The summed E-state index contributed by atoms with van der Waals surface area (Å²) in [5.74, 6) is -0.225. The highest BCUT2D eigenvalue weighted by Crippen LogP contribution is 2.23. The number of hydrogen-bond donors (Lipinski definition) is 0. The Labute approximate surface area is 170 Å². The van der Waals surface area contributed by atoms with Crippen LogP contribution in [0.4, 0.5) is 0 Å². The van der Waals surface area contributed by atoms with Crippen LogP contribution in [0.2, 0.25) is 5.02 Å². The van der Waals surface area contributed by atoms with E-state index >= 15 is 0 Å². The molecule has 0 radical (unpaired) electrons. The first-order chi connectivity index (χ1) is 13.5. The average molecular weight is 408 g/mol. The Hall–Kier alpha value is -2.18. The molecule has 1 aliphatic heterocycles. The normalized spacial score (nSPS) is 15.3. The SMILES string of the molecule is COC(=O)COCCCCN1C(=O)CCC1=CCC(=O)Cc1cccc(Cl)c1. The lowest BCUT2D eigenvalue weighted by molar-refractivity contribution is -0.145. The summed E-state index contributed by atoms with van der Waals surface area (Å²) >= 11 is 5.95. The molecule has 6 nitrogen and oxygen atoms in total. The molecule has 1 saturated heterocycles. The van der Waals surface area contributed by atoms with Crippen molar-refractivity contribution in [3.63, 3.8) is 0 Å². The maximum absolute atomic E-state index is 12.2. The molecule has 0 unspecified atom stereocenters. The molecule has 1 aromatic rings. The predicted molar refractivity (Wildman–Crippen MR) is 106 cm³/mol. The second-order valence-corrected chi connectivity index (χ2v) is 7.06.